The van der Waals surface area contributed by atoms with Crippen LogP contribution in [0.4, 0.5) is 4.79 Å². The Morgan fingerprint density at radius 3 is 2.65 bits per heavy atom. The first kappa shape index (κ1) is 20.5. The Morgan fingerprint density at radius 1 is 1.19 bits per heavy atom. The van der Waals surface area contributed by atoms with Crippen LogP contribution in [0.5, 0.6) is 0 Å². The van der Waals surface area contributed by atoms with Crippen molar-refractivity contribution in [3.8, 4) is 0 Å². The van der Waals surface area contributed by atoms with E-state index in [9.17, 15) is 9.59 Å². The third-order valence-electron chi connectivity index (χ3n) is 6.67. The highest BCUT2D eigenvalue weighted by Crippen LogP contribution is 2.56. The van der Waals surface area contributed by atoms with Gasteiger partial charge in [0.25, 0.3) is 0 Å². The van der Waals surface area contributed by atoms with Crippen molar-refractivity contribution in [2.24, 2.45) is 0 Å². The summed E-state index contributed by atoms with van der Waals surface area (Å²) < 4.78 is 25.2. The van der Waals surface area contributed by atoms with Gasteiger partial charge in [0, 0.05) is 25.6 Å². The number of amides is 2. The van der Waals surface area contributed by atoms with Crippen molar-refractivity contribution in [2.75, 3.05) is 13.2 Å². The molecule has 2 amide bonds. The first-order valence-corrected chi connectivity index (χ1v) is 10.9. The van der Waals surface area contributed by atoms with Gasteiger partial charge in [-0.3, -0.25) is 4.90 Å². The van der Waals surface area contributed by atoms with Gasteiger partial charge in [-0.15, -0.1) is 0 Å². The first-order valence-electron chi connectivity index (χ1n) is 10.9. The summed E-state index contributed by atoms with van der Waals surface area (Å²) in [6.45, 7) is 4.23. The number of nitrogens with zero attached hydrogens (tertiary/aromatic N) is 1. The van der Waals surface area contributed by atoms with Crippen LogP contribution in [-0.2, 0) is 18.9 Å². The van der Waals surface area contributed by atoms with Gasteiger partial charge in [0.15, 0.2) is 12.0 Å². The number of hydrogen-bond acceptors (Lipinski definition) is 6. The Kier molecular flexibility index (Phi) is 4.84. The highest BCUT2D eigenvalue weighted by Gasteiger charge is 2.71. The Labute approximate surface area is 181 Å². The number of urea groups is 1. The van der Waals surface area contributed by atoms with Gasteiger partial charge in [0.2, 0.25) is 0 Å². The number of rotatable bonds is 4. The third kappa shape index (κ3) is 3.33. The molecule has 4 aliphatic rings. The van der Waals surface area contributed by atoms with Crippen LogP contribution in [0.2, 0.25) is 0 Å². The summed E-state index contributed by atoms with van der Waals surface area (Å²) in [6.07, 6.45) is 6.01. The average molecular weight is 428 g/mol. The monoisotopic (exact) mass is 428 g/mol. The second kappa shape index (κ2) is 7.32. The maximum absolute atomic E-state index is 12.6. The number of hydrogen-bond donors (Lipinski definition) is 1. The molecule has 1 saturated carbocycles. The second-order valence-electron chi connectivity index (χ2n) is 9.10. The molecule has 1 aliphatic carbocycles. The fourth-order valence-corrected chi connectivity index (χ4v) is 5.25. The van der Waals surface area contributed by atoms with E-state index in [1.54, 1.807) is 30.5 Å². The van der Waals surface area contributed by atoms with Crippen molar-refractivity contribution in [3.63, 3.8) is 0 Å². The van der Waals surface area contributed by atoms with Crippen LogP contribution in [0.3, 0.4) is 0 Å². The fourth-order valence-electron chi connectivity index (χ4n) is 5.25. The summed E-state index contributed by atoms with van der Waals surface area (Å²) in [5.74, 6) is -1.11. The number of esters is 1. The molecule has 0 aromatic heterocycles. The first-order chi connectivity index (χ1) is 14.9. The molecular weight excluding hydrogens is 400 g/mol. The van der Waals surface area contributed by atoms with E-state index in [4.69, 9.17) is 18.9 Å². The lowest BCUT2D eigenvalue weighted by atomic mass is 9.89. The molecule has 1 aromatic rings. The SMILES string of the molecule is CC1(COC(=O)c2ccccc2)OC(N2C=CCNC2=O)C2(C)OC3(CCCC3)OC12. The van der Waals surface area contributed by atoms with Crippen LogP contribution in [-0.4, -0.2) is 59.4 Å². The Hall–Kier alpha value is -2.42. The van der Waals surface area contributed by atoms with Crippen LogP contribution in [0.15, 0.2) is 42.6 Å². The van der Waals surface area contributed by atoms with Crippen LogP contribution < -0.4 is 5.32 Å². The second-order valence-corrected chi connectivity index (χ2v) is 9.10. The largest absolute Gasteiger partial charge is 0.459 e. The highest BCUT2D eigenvalue weighted by molar-refractivity contribution is 5.89. The number of benzene rings is 1. The quantitative estimate of drug-likeness (QED) is 0.742. The smallest absolute Gasteiger partial charge is 0.338 e. The van der Waals surface area contributed by atoms with Crippen molar-refractivity contribution in [1.29, 1.82) is 0 Å². The van der Waals surface area contributed by atoms with Crippen molar-refractivity contribution in [2.45, 2.75) is 68.9 Å². The number of carbonyl (C=O) groups excluding carboxylic acids is 2. The average Bonchev–Trinajstić information content (AvgIpc) is 3.41. The van der Waals surface area contributed by atoms with Gasteiger partial charge in [-0.2, -0.15) is 0 Å². The van der Waals surface area contributed by atoms with Crippen molar-refractivity contribution in [3.05, 3.63) is 48.2 Å². The van der Waals surface area contributed by atoms with Gasteiger partial charge in [-0.1, -0.05) is 18.2 Å². The van der Waals surface area contributed by atoms with Gasteiger partial charge in [0.05, 0.1) is 5.56 Å². The van der Waals surface area contributed by atoms with Gasteiger partial charge in [-0.05, 0) is 44.9 Å². The number of nitrogens with one attached hydrogen (secondary N) is 1. The van der Waals surface area contributed by atoms with Gasteiger partial charge in [0.1, 0.15) is 23.9 Å². The molecular formula is C23H28N2O6. The molecule has 0 bridgehead atoms. The molecule has 3 aliphatic heterocycles. The van der Waals surface area contributed by atoms with E-state index in [-0.39, 0.29) is 12.6 Å². The number of carbonyl (C=O) groups is 2. The molecule has 1 N–H and O–H groups in total. The van der Waals surface area contributed by atoms with E-state index in [2.05, 4.69) is 5.32 Å². The van der Waals surface area contributed by atoms with Crippen LogP contribution >= 0.6 is 0 Å². The Balaban J connectivity index is 1.43. The molecule has 4 atom stereocenters. The summed E-state index contributed by atoms with van der Waals surface area (Å²) in [5.41, 5.74) is -1.42. The van der Waals surface area contributed by atoms with Gasteiger partial charge < -0.3 is 24.3 Å². The van der Waals surface area contributed by atoms with Crippen molar-refractivity contribution < 1.29 is 28.5 Å². The van der Waals surface area contributed by atoms with Crippen LogP contribution in [0, 0.1) is 0 Å². The molecule has 0 radical (unpaired) electrons. The zero-order valence-electron chi connectivity index (χ0n) is 17.8. The fraction of sp³-hybridized carbons (Fsp3) is 0.565. The lowest BCUT2D eigenvalue weighted by molar-refractivity contribution is -0.248. The Morgan fingerprint density at radius 2 is 1.94 bits per heavy atom. The molecule has 5 rings (SSSR count). The van der Waals surface area contributed by atoms with E-state index < -0.39 is 35.3 Å². The van der Waals surface area contributed by atoms with Crippen LogP contribution in [0.1, 0.15) is 49.9 Å². The van der Waals surface area contributed by atoms with Gasteiger partial charge >= 0.3 is 12.0 Å². The molecule has 2 saturated heterocycles. The number of fused-ring (bicyclic) bond motifs is 1. The summed E-state index contributed by atoms with van der Waals surface area (Å²) in [7, 11) is 0. The maximum atomic E-state index is 12.6. The van der Waals surface area contributed by atoms with Crippen molar-refractivity contribution in [1.82, 2.24) is 10.2 Å². The summed E-state index contributed by atoms with van der Waals surface area (Å²) >= 11 is 0. The minimum absolute atomic E-state index is 0.0178. The van der Waals surface area contributed by atoms with Crippen molar-refractivity contribution >= 4 is 12.0 Å². The standard InChI is InChI=1S/C23H28N2O6/c1-21(15-28-17(26)16-9-4-3-5-10-16)18-22(2,31-23(29-18)11-6-7-12-23)19(30-21)25-14-8-13-24-20(25)27/h3-5,8-10,14,18-19H,6-7,11-13,15H2,1-2H3,(H,24,27). The summed E-state index contributed by atoms with van der Waals surface area (Å²) in [4.78, 5) is 26.7. The lowest BCUT2D eigenvalue weighted by Gasteiger charge is -2.37. The van der Waals surface area contributed by atoms with Crippen LogP contribution in [0.25, 0.3) is 0 Å². The van der Waals surface area contributed by atoms with E-state index in [1.165, 1.54) is 4.90 Å². The third-order valence-corrected chi connectivity index (χ3v) is 6.67. The molecule has 1 aromatic carbocycles. The van der Waals surface area contributed by atoms with Gasteiger partial charge in [-0.25, -0.2) is 9.59 Å². The summed E-state index contributed by atoms with van der Waals surface area (Å²) in [5, 5.41) is 2.80. The molecule has 1 spiro atoms. The zero-order chi connectivity index (χ0) is 21.7. The minimum Gasteiger partial charge on any atom is -0.459 e. The van der Waals surface area contributed by atoms with E-state index in [0.29, 0.717) is 12.1 Å². The lowest BCUT2D eigenvalue weighted by Crippen LogP contribution is -2.56. The van der Waals surface area contributed by atoms with E-state index in [0.717, 1.165) is 25.7 Å². The van der Waals surface area contributed by atoms with E-state index in [1.807, 2.05) is 26.0 Å². The molecule has 4 unspecified atom stereocenters. The molecule has 8 nitrogen and oxygen atoms in total. The molecule has 3 heterocycles. The Bertz CT molecular complexity index is 899. The molecule has 8 heteroatoms. The molecule has 31 heavy (non-hydrogen) atoms. The topological polar surface area (TPSA) is 86.3 Å². The molecule has 166 valence electrons. The molecule has 3 fully saturated rings. The highest BCUT2D eigenvalue weighted by atomic mass is 16.8. The minimum atomic E-state index is -0.985. The van der Waals surface area contributed by atoms with E-state index >= 15 is 0 Å². The predicted molar refractivity (Wildman–Crippen MR) is 110 cm³/mol. The maximum Gasteiger partial charge on any atom is 0.338 e. The number of ether oxygens (including phenoxy) is 4. The summed E-state index contributed by atoms with van der Waals surface area (Å²) in [6, 6.07) is 8.58. The predicted octanol–water partition coefficient (Wildman–Crippen LogP) is 2.94. The zero-order valence-corrected chi connectivity index (χ0v) is 17.8. The normalized spacial score (nSPS) is 35.9.